The summed E-state index contributed by atoms with van der Waals surface area (Å²) in [6, 6.07) is 7.31. The summed E-state index contributed by atoms with van der Waals surface area (Å²) in [5.41, 5.74) is 2.09. The fourth-order valence-corrected chi connectivity index (χ4v) is 1.48. The van der Waals surface area contributed by atoms with Crippen molar-refractivity contribution in [2.75, 3.05) is 0 Å². The molecule has 0 aliphatic heterocycles. The fourth-order valence-electron chi connectivity index (χ4n) is 1.48. The summed E-state index contributed by atoms with van der Waals surface area (Å²) in [5.74, 6) is 0.00587. The quantitative estimate of drug-likeness (QED) is 0.691. The molecule has 0 aliphatic rings. The van der Waals surface area contributed by atoms with Gasteiger partial charge in [0.25, 0.3) is 0 Å². The van der Waals surface area contributed by atoms with Crippen LogP contribution >= 0.6 is 0 Å². The topological polar surface area (TPSA) is 56.6 Å². The monoisotopic (exact) mass is 184 g/mol. The number of Topliss-reactive ketones (excluding diaryl/α,β-unsaturated/α-hetero) is 1. The van der Waals surface area contributed by atoms with Crippen LogP contribution in [0.5, 0.6) is 0 Å². The molecule has 68 valence electrons. The zero-order chi connectivity index (χ0) is 10.1. The maximum atomic E-state index is 11.2. The minimum absolute atomic E-state index is 0.00587. The number of rotatable bonds is 1. The molecule has 0 bridgehead atoms. The van der Waals surface area contributed by atoms with Crippen molar-refractivity contribution >= 4 is 16.7 Å². The molecule has 0 spiro atoms. The van der Waals surface area contributed by atoms with Gasteiger partial charge in [-0.2, -0.15) is 5.26 Å². The number of hydrogen-bond acceptors (Lipinski definition) is 2. The Morgan fingerprint density at radius 2 is 2.29 bits per heavy atom. The molecule has 0 fully saturated rings. The third-order valence-corrected chi connectivity index (χ3v) is 2.19. The van der Waals surface area contributed by atoms with Crippen LogP contribution in [0, 0.1) is 11.3 Å². The standard InChI is InChI=1S/C11H8N2O/c1-7(14)10-6-13-11-3-2-8(5-12)4-9(10)11/h2-4,6,13H,1H3. The Kier molecular flexibility index (Phi) is 1.83. The summed E-state index contributed by atoms with van der Waals surface area (Å²) < 4.78 is 0. The van der Waals surface area contributed by atoms with E-state index in [0.717, 1.165) is 10.9 Å². The van der Waals surface area contributed by atoms with E-state index in [4.69, 9.17) is 5.26 Å². The first-order valence-electron chi connectivity index (χ1n) is 4.24. The second-order valence-corrected chi connectivity index (χ2v) is 3.13. The highest BCUT2D eigenvalue weighted by atomic mass is 16.1. The lowest BCUT2D eigenvalue weighted by atomic mass is 10.1. The predicted octanol–water partition coefficient (Wildman–Crippen LogP) is 2.24. The lowest BCUT2D eigenvalue weighted by molar-refractivity contribution is 0.101. The van der Waals surface area contributed by atoms with Crippen LogP contribution in [-0.2, 0) is 0 Å². The molecule has 0 saturated carbocycles. The van der Waals surface area contributed by atoms with E-state index in [2.05, 4.69) is 4.98 Å². The molecule has 0 radical (unpaired) electrons. The van der Waals surface area contributed by atoms with Crippen molar-refractivity contribution in [2.24, 2.45) is 0 Å². The maximum Gasteiger partial charge on any atom is 0.161 e. The molecule has 3 heteroatoms. The molecule has 0 amide bonds. The van der Waals surface area contributed by atoms with Gasteiger partial charge in [-0.25, -0.2) is 0 Å². The van der Waals surface area contributed by atoms with Gasteiger partial charge in [0.1, 0.15) is 0 Å². The van der Waals surface area contributed by atoms with E-state index in [-0.39, 0.29) is 5.78 Å². The molecule has 3 nitrogen and oxygen atoms in total. The highest BCUT2D eigenvalue weighted by molar-refractivity contribution is 6.06. The van der Waals surface area contributed by atoms with Gasteiger partial charge in [0.2, 0.25) is 0 Å². The van der Waals surface area contributed by atoms with Crippen LogP contribution in [0.2, 0.25) is 0 Å². The normalized spacial score (nSPS) is 10.0. The number of carbonyl (C=O) groups excluding carboxylic acids is 1. The first-order chi connectivity index (χ1) is 6.72. The van der Waals surface area contributed by atoms with Gasteiger partial charge in [0.15, 0.2) is 5.78 Å². The summed E-state index contributed by atoms with van der Waals surface area (Å²) in [5, 5.41) is 9.54. The van der Waals surface area contributed by atoms with E-state index in [1.54, 1.807) is 24.4 Å². The second-order valence-electron chi connectivity index (χ2n) is 3.13. The van der Waals surface area contributed by atoms with Gasteiger partial charge in [-0.3, -0.25) is 4.79 Å². The van der Waals surface area contributed by atoms with Crippen molar-refractivity contribution in [1.29, 1.82) is 5.26 Å². The van der Waals surface area contributed by atoms with Crippen LogP contribution < -0.4 is 0 Å². The molecule has 2 rings (SSSR count). The Labute approximate surface area is 81.0 Å². The predicted molar refractivity (Wildman–Crippen MR) is 53.0 cm³/mol. The van der Waals surface area contributed by atoms with Crippen LogP contribution in [0.15, 0.2) is 24.4 Å². The Morgan fingerprint density at radius 1 is 1.50 bits per heavy atom. The second kappa shape index (κ2) is 3.00. The third kappa shape index (κ3) is 1.17. The molecule has 0 aliphatic carbocycles. The summed E-state index contributed by atoms with van der Waals surface area (Å²) in [6.45, 7) is 1.52. The number of aromatic nitrogens is 1. The number of carbonyl (C=O) groups is 1. The van der Waals surface area contributed by atoms with Crippen molar-refractivity contribution < 1.29 is 4.79 Å². The van der Waals surface area contributed by atoms with Crippen LogP contribution in [-0.4, -0.2) is 10.8 Å². The molecule has 1 aromatic carbocycles. The van der Waals surface area contributed by atoms with Gasteiger partial charge in [0.05, 0.1) is 11.6 Å². The summed E-state index contributed by atoms with van der Waals surface area (Å²) in [6.07, 6.45) is 1.67. The minimum atomic E-state index is 0.00587. The molecular formula is C11H8N2O. The van der Waals surface area contributed by atoms with Crippen molar-refractivity contribution in [3.63, 3.8) is 0 Å². The maximum absolute atomic E-state index is 11.2. The molecule has 2 aromatic rings. The lowest BCUT2D eigenvalue weighted by Gasteiger charge is -1.93. The average Bonchev–Trinajstić information content (AvgIpc) is 2.59. The molecule has 0 atom stereocenters. The van der Waals surface area contributed by atoms with Gasteiger partial charge in [-0.05, 0) is 25.1 Å². The summed E-state index contributed by atoms with van der Waals surface area (Å²) in [7, 11) is 0. The van der Waals surface area contributed by atoms with Gasteiger partial charge in [-0.15, -0.1) is 0 Å². The van der Waals surface area contributed by atoms with Crippen molar-refractivity contribution in [1.82, 2.24) is 4.98 Å². The first kappa shape index (κ1) is 8.52. The van der Waals surface area contributed by atoms with Crippen LogP contribution in [0.25, 0.3) is 10.9 Å². The summed E-state index contributed by atoms with van der Waals surface area (Å²) >= 11 is 0. The van der Waals surface area contributed by atoms with E-state index in [1.165, 1.54) is 6.92 Å². The Morgan fingerprint density at radius 3 is 2.93 bits per heavy atom. The van der Waals surface area contributed by atoms with E-state index in [9.17, 15) is 4.79 Å². The number of fused-ring (bicyclic) bond motifs is 1. The van der Waals surface area contributed by atoms with Crippen LogP contribution in [0.3, 0.4) is 0 Å². The summed E-state index contributed by atoms with van der Waals surface area (Å²) in [4.78, 5) is 14.2. The minimum Gasteiger partial charge on any atom is -0.360 e. The fraction of sp³-hybridized carbons (Fsp3) is 0.0909. The van der Waals surface area contributed by atoms with Crippen molar-refractivity contribution in [2.45, 2.75) is 6.92 Å². The SMILES string of the molecule is CC(=O)c1c[nH]c2ccc(C#N)cc12. The number of nitriles is 1. The van der Waals surface area contributed by atoms with Gasteiger partial charge in [0, 0.05) is 22.7 Å². The average molecular weight is 184 g/mol. The number of ketones is 1. The van der Waals surface area contributed by atoms with E-state index >= 15 is 0 Å². The van der Waals surface area contributed by atoms with E-state index in [0.29, 0.717) is 11.1 Å². The molecule has 1 aromatic heterocycles. The molecule has 0 unspecified atom stereocenters. The lowest BCUT2D eigenvalue weighted by Crippen LogP contribution is -1.88. The Balaban J connectivity index is 2.77. The third-order valence-electron chi connectivity index (χ3n) is 2.19. The highest BCUT2D eigenvalue weighted by Gasteiger charge is 2.07. The van der Waals surface area contributed by atoms with Crippen LogP contribution in [0.1, 0.15) is 22.8 Å². The van der Waals surface area contributed by atoms with Crippen LogP contribution in [0.4, 0.5) is 0 Å². The van der Waals surface area contributed by atoms with Gasteiger partial charge in [-0.1, -0.05) is 0 Å². The van der Waals surface area contributed by atoms with E-state index in [1.807, 2.05) is 6.07 Å². The number of nitrogens with one attached hydrogen (secondary N) is 1. The molecule has 14 heavy (non-hydrogen) atoms. The highest BCUT2D eigenvalue weighted by Crippen LogP contribution is 2.19. The van der Waals surface area contributed by atoms with Gasteiger partial charge >= 0.3 is 0 Å². The molecular weight excluding hydrogens is 176 g/mol. The van der Waals surface area contributed by atoms with Crippen molar-refractivity contribution in [3.05, 3.63) is 35.5 Å². The first-order valence-corrected chi connectivity index (χ1v) is 4.24. The van der Waals surface area contributed by atoms with E-state index < -0.39 is 0 Å². The van der Waals surface area contributed by atoms with Gasteiger partial charge < -0.3 is 4.98 Å². The van der Waals surface area contributed by atoms with Crippen molar-refractivity contribution in [3.8, 4) is 6.07 Å². The zero-order valence-electron chi connectivity index (χ0n) is 7.66. The number of benzene rings is 1. The number of H-pyrrole nitrogens is 1. The zero-order valence-corrected chi connectivity index (χ0v) is 7.66. The Bertz CT molecular complexity index is 546. The largest absolute Gasteiger partial charge is 0.360 e. The number of aromatic amines is 1. The Hall–Kier alpha value is -2.08. The molecule has 0 saturated heterocycles. The smallest absolute Gasteiger partial charge is 0.161 e. The number of hydrogen-bond donors (Lipinski definition) is 1. The molecule has 1 heterocycles. The molecule has 1 N–H and O–H groups in total. The number of nitrogens with zero attached hydrogens (tertiary/aromatic N) is 1.